The predicted octanol–water partition coefficient (Wildman–Crippen LogP) is 2.87. The number of amides is 2. The van der Waals surface area contributed by atoms with Gasteiger partial charge in [-0.15, -0.1) is 0 Å². The van der Waals surface area contributed by atoms with Crippen LogP contribution in [0.3, 0.4) is 0 Å². The Kier molecular flexibility index (Phi) is 7.32. The van der Waals surface area contributed by atoms with E-state index in [0.717, 1.165) is 25.7 Å². The maximum Gasteiger partial charge on any atom is 0.339 e. The standard InChI is InChI=1S/C19H25N3O4/c1-13(21-22-18(24)14-8-4-3-5-9-14)12-17(23)20-16-11-7-6-10-15(16)19(25)26-2/h6-7,10-11,14H,3-5,8-9,12H2,1-2H3,(H,20,23)(H,22,24)/b21-13+. The summed E-state index contributed by atoms with van der Waals surface area (Å²) in [6.45, 7) is 1.67. The van der Waals surface area contributed by atoms with Crippen LogP contribution in [0.4, 0.5) is 5.69 Å². The number of esters is 1. The van der Waals surface area contributed by atoms with Crippen LogP contribution in [-0.4, -0.2) is 30.6 Å². The topological polar surface area (TPSA) is 96.9 Å². The van der Waals surface area contributed by atoms with Gasteiger partial charge >= 0.3 is 5.97 Å². The molecule has 1 aliphatic rings. The maximum atomic E-state index is 12.2. The molecule has 140 valence electrons. The molecule has 0 saturated heterocycles. The molecule has 0 aliphatic heterocycles. The minimum absolute atomic E-state index is 0.0143. The number of carbonyl (C=O) groups excluding carboxylic acids is 3. The van der Waals surface area contributed by atoms with Gasteiger partial charge in [-0.1, -0.05) is 31.4 Å². The number of anilines is 1. The summed E-state index contributed by atoms with van der Waals surface area (Å²) >= 11 is 0. The average Bonchev–Trinajstić information content (AvgIpc) is 2.66. The molecule has 1 aromatic rings. The normalized spacial score (nSPS) is 15.2. The highest BCUT2D eigenvalue weighted by molar-refractivity contribution is 6.08. The summed E-state index contributed by atoms with van der Waals surface area (Å²) in [5.41, 5.74) is 3.70. The summed E-state index contributed by atoms with van der Waals surface area (Å²) < 4.78 is 4.70. The monoisotopic (exact) mass is 359 g/mol. The highest BCUT2D eigenvalue weighted by atomic mass is 16.5. The van der Waals surface area contributed by atoms with Gasteiger partial charge in [-0.2, -0.15) is 5.10 Å². The summed E-state index contributed by atoms with van der Waals surface area (Å²) in [5.74, 6) is -0.915. The molecule has 7 nitrogen and oxygen atoms in total. The van der Waals surface area contributed by atoms with Crippen LogP contribution in [0.1, 0.15) is 55.8 Å². The number of rotatable bonds is 6. The van der Waals surface area contributed by atoms with Crippen molar-refractivity contribution < 1.29 is 19.1 Å². The van der Waals surface area contributed by atoms with Crippen LogP contribution in [0, 0.1) is 5.92 Å². The molecule has 0 atom stereocenters. The van der Waals surface area contributed by atoms with Gasteiger partial charge in [-0.05, 0) is 31.9 Å². The number of hydrogen-bond donors (Lipinski definition) is 2. The number of benzene rings is 1. The van der Waals surface area contributed by atoms with E-state index in [1.54, 1.807) is 31.2 Å². The first kappa shape index (κ1) is 19.6. The Hall–Kier alpha value is -2.70. The lowest BCUT2D eigenvalue weighted by molar-refractivity contribution is -0.126. The molecule has 1 aromatic carbocycles. The number of nitrogens with zero attached hydrogens (tertiary/aromatic N) is 1. The molecule has 2 amide bonds. The van der Waals surface area contributed by atoms with Gasteiger partial charge in [0.05, 0.1) is 24.8 Å². The third-order valence-electron chi connectivity index (χ3n) is 4.36. The molecule has 1 saturated carbocycles. The lowest BCUT2D eigenvalue weighted by Gasteiger charge is -2.19. The van der Waals surface area contributed by atoms with Gasteiger partial charge < -0.3 is 10.1 Å². The van der Waals surface area contributed by atoms with E-state index >= 15 is 0 Å². The van der Waals surface area contributed by atoms with Gasteiger partial charge in [0, 0.05) is 11.6 Å². The van der Waals surface area contributed by atoms with Crippen molar-refractivity contribution in [1.29, 1.82) is 0 Å². The van der Waals surface area contributed by atoms with Crippen LogP contribution in [0.25, 0.3) is 0 Å². The van der Waals surface area contributed by atoms with Gasteiger partial charge in [0.2, 0.25) is 11.8 Å². The van der Waals surface area contributed by atoms with Crippen molar-refractivity contribution in [3.63, 3.8) is 0 Å². The molecule has 1 aliphatic carbocycles. The first-order valence-corrected chi connectivity index (χ1v) is 8.81. The molecule has 0 aromatic heterocycles. The first-order valence-electron chi connectivity index (χ1n) is 8.81. The minimum atomic E-state index is -0.522. The van der Waals surface area contributed by atoms with Crippen molar-refractivity contribution in [3.8, 4) is 0 Å². The Balaban J connectivity index is 1.89. The Bertz CT molecular complexity index is 694. The van der Waals surface area contributed by atoms with Crippen LogP contribution < -0.4 is 10.7 Å². The number of carbonyl (C=O) groups is 3. The highest BCUT2D eigenvalue weighted by Crippen LogP contribution is 2.23. The maximum absolute atomic E-state index is 12.2. The minimum Gasteiger partial charge on any atom is -0.465 e. The molecule has 0 radical (unpaired) electrons. The number of para-hydroxylation sites is 1. The average molecular weight is 359 g/mol. The van der Waals surface area contributed by atoms with E-state index in [-0.39, 0.29) is 29.7 Å². The fourth-order valence-electron chi connectivity index (χ4n) is 2.95. The second-order valence-electron chi connectivity index (χ2n) is 6.42. The molecule has 7 heteroatoms. The van der Waals surface area contributed by atoms with Gasteiger partial charge in [-0.25, -0.2) is 10.2 Å². The van der Waals surface area contributed by atoms with Crippen molar-refractivity contribution in [2.45, 2.75) is 45.4 Å². The second-order valence-corrected chi connectivity index (χ2v) is 6.42. The third-order valence-corrected chi connectivity index (χ3v) is 4.36. The Morgan fingerprint density at radius 2 is 1.85 bits per heavy atom. The molecular weight excluding hydrogens is 334 g/mol. The van der Waals surface area contributed by atoms with Gasteiger partial charge in [-0.3, -0.25) is 9.59 Å². The molecule has 0 heterocycles. The summed E-state index contributed by atoms with van der Waals surface area (Å²) in [6, 6.07) is 6.61. The highest BCUT2D eigenvalue weighted by Gasteiger charge is 2.20. The zero-order valence-corrected chi connectivity index (χ0v) is 15.2. The van der Waals surface area contributed by atoms with Crippen molar-refractivity contribution in [2.24, 2.45) is 11.0 Å². The summed E-state index contributed by atoms with van der Waals surface area (Å²) in [4.78, 5) is 36.0. The van der Waals surface area contributed by atoms with E-state index in [9.17, 15) is 14.4 Å². The number of hydrogen-bond acceptors (Lipinski definition) is 5. The van der Waals surface area contributed by atoms with E-state index in [1.165, 1.54) is 13.5 Å². The van der Waals surface area contributed by atoms with Crippen LogP contribution in [0.2, 0.25) is 0 Å². The Labute approximate surface area is 153 Å². The summed E-state index contributed by atoms with van der Waals surface area (Å²) in [7, 11) is 1.28. The molecule has 2 N–H and O–H groups in total. The van der Waals surface area contributed by atoms with Crippen LogP contribution in [0.15, 0.2) is 29.4 Å². The number of methoxy groups -OCH3 is 1. The Morgan fingerprint density at radius 3 is 2.54 bits per heavy atom. The lowest BCUT2D eigenvalue weighted by Crippen LogP contribution is -2.29. The number of hydrazone groups is 1. The van der Waals surface area contributed by atoms with Gasteiger partial charge in [0.15, 0.2) is 0 Å². The fourth-order valence-corrected chi connectivity index (χ4v) is 2.95. The van der Waals surface area contributed by atoms with E-state index < -0.39 is 5.97 Å². The molecular formula is C19H25N3O4. The van der Waals surface area contributed by atoms with Crippen molar-refractivity contribution in [1.82, 2.24) is 5.43 Å². The van der Waals surface area contributed by atoms with Crippen LogP contribution in [0.5, 0.6) is 0 Å². The first-order chi connectivity index (χ1) is 12.5. The quantitative estimate of drug-likeness (QED) is 0.464. The number of ether oxygens (including phenoxy) is 1. The van der Waals surface area contributed by atoms with E-state index in [0.29, 0.717) is 11.4 Å². The van der Waals surface area contributed by atoms with E-state index in [2.05, 4.69) is 15.8 Å². The smallest absolute Gasteiger partial charge is 0.339 e. The van der Waals surface area contributed by atoms with Crippen molar-refractivity contribution >= 4 is 29.2 Å². The third kappa shape index (κ3) is 5.68. The lowest BCUT2D eigenvalue weighted by atomic mass is 9.89. The molecule has 0 spiro atoms. The molecule has 26 heavy (non-hydrogen) atoms. The summed E-state index contributed by atoms with van der Waals surface area (Å²) in [6.07, 6.45) is 5.13. The number of nitrogens with one attached hydrogen (secondary N) is 2. The fraction of sp³-hybridized carbons (Fsp3) is 0.474. The molecule has 2 rings (SSSR count). The van der Waals surface area contributed by atoms with E-state index in [1.807, 2.05) is 0 Å². The van der Waals surface area contributed by atoms with Crippen molar-refractivity contribution in [2.75, 3.05) is 12.4 Å². The molecule has 1 fully saturated rings. The zero-order chi connectivity index (χ0) is 18.9. The largest absolute Gasteiger partial charge is 0.465 e. The Morgan fingerprint density at radius 1 is 1.15 bits per heavy atom. The zero-order valence-electron chi connectivity index (χ0n) is 15.2. The van der Waals surface area contributed by atoms with Gasteiger partial charge in [0.1, 0.15) is 0 Å². The summed E-state index contributed by atoms with van der Waals surface area (Å²) in [5, 5.41) is 6.69. The van der Waals surface area contributed by atoms with Crippen LogP contribution >= 0.6 is 0 Å². The molecule has 0 bridgehead atoms. The van der Waals surface area contributed by atoms with E-state index in [4.69, 9.17) is 4.74 Å². The predicted molar refractivity (Wildman–Crippen MR) is 98.9 cm³/mol. The SMILES string of the molecule is COC(=O)c1ccccc1NC(=O)C/C(C)=N/NC(=O)C1CCCCC1. The van der Waals surface area contributed by atoms with Crippen LogP contribution in [-0.2, 0) is 14.3 Å². The van der Waals surface area contributed by atoms with Crippen molar-refractivity contribution in [3.05, 3.63) is 29.8 Å². The molecule has 0 unspecified atom stereocenters. The van der Waals surface area contributed by atoms with Gasteiger partial charge in [0.25, 0.3) is 0 Å². The second kappa shape index (κ2) is 9.70.